The Bertz CT molecular complexity index is 765. The van der Waals surface area contributed by atoms with E-state index in [-0.39, 0.29) is 0 Å². The number of piperidine rings is 2. The lowest BCUT2D eigenvalue weighted by atomic mass is 9.72. The van der Waals surface area contributed by atoms with Crippen molar-refractivity contribution in [2.75, 3.05) is 26.2 Å². The van der Waals surface area contributed by atoms with Crippen molar-refractivity contribution in [1.29, 1.82) is 0 Å². The Balaban J connectivity index is 1.31. The third kappa shape index (κ3) is 4.58. The molecule has 0 saturated carbocycles. The van der Waals surface area contributed by atoms with Gasteiger partial charge >= 0.3 is 0 Å². The van der Waals surface area contributed by atoms with E-state index < -0.39 is 0 Å². The van der Waals surface area contributed by atoms with Crippen molar-refractivity contribution in [2.45, 2.75) is 45.6 Å². The molecule has 1 aromatic heterocycles. The second-order valence-electron chi connectivity index (χ2n) is 8.18. The van der Waals surface area contributed by atoms with Gasteiger partial charge in [0.15, 0.2) is 0 Å². The summed E-state index contributed by atoms with van der Waals surface area (Å²) in [7, 11) is 0. The first-order valence-electron chi connectivity index (χ1n) is 10.1. The second-order valence-corrected chi connectivity index (χ2v) is 9.25. The van der Waals surface area contributed by atoms with Gasteiger partial charge in [0.2, 0.25) is 5.91 Å². The number of amides is 1. The fraction of sp³-hybridized carbons (Fsp3) is 0.545. The molecule has 2 fully saturated rings. The zero-order valence-electron chi connectivity index (χ0n) is 16.2. The largest absolute Gasteiger partial charge is 0.342 e. The molecule has 3 heterocycles. The smallest absolute Gasteiger partial charge is 0.222 e. The Kier molecular flexibility index (Phi) is 5.60. The molecule has 0 unspecified atom stereocenters. The van der Waals surface area contributed by atoms with E-state index in [9.17, 15) is 4.79 Å². The molecule has 0 N–H and O–H groups in total. The van der Waals surface area contributed by atoms with Gasteiger partial charge in [-0.15, -0.1) is 11.3 Å². The van der Waals surface area contributed by atoms with Gasteiger partial charge in [-0.1, -0.05) is 30.3 Å². The SMILES string of the molecule is Cc1nc(CN2CCC3(CCC(=O)N(CCc4ccccc4)C3)CC2)cs1. The molecule has 0 aliphatic carbocycles. The highest BCUT2D eigenvalue weighted by atomic mass is 32.1. The number of carbonyl (C=O) groups excluding carboxylic acids is 1. The molecule has 0 bridgehead atoms. The third-order valence-corrected chi connectivity index (χ3v) is 7.05. The first-order chi connectivity index (χ1) is 13.1. The Morgan fingerprint density at radius 1 is 1.15 bits per heavy atom. The zero-order valence-corrected chi connectivity index (χ0v) is 17.0. The molecule has 2 saturated heterocycles. The van der Waals surface area contributed by atoms with E-state index in [1.165, 1.54) is 24.1 Å². The fourth-order valence-corrected chi connectivity index (χ4v) is 5.12. The average molecular weight is 384 g/mol. The van der Waals surface area contributed by atoms with Crippen molar-refractivity contribution in [3.05, 3.63) is 52.0 Å². The molecule has 144 valence electrons. The van der Waals surface area contributed by atoms with Crippen LogP contribution in [0.5, 0.6) is 0 Å². The fourth-order valence-electron chi connectivity index (χ4n) is 4.52. The molecule has 4 rings (SSSR count). The number of aromatic nitrogens is 1. The van der Waals surface area contributed by atoms with E-state index in [1.807, 2.05) is 6.07 Å². The number of likely N-dealkylation sites (tertiary alicyclic amines) is 2. The van der Waals surface area contributed by atoms with Crippen molar-refractivity contribution in [2.24, 2.45) is 5.41 Å². The van der Waals surface area contributed by atoms with E-state index in [2.05, 4.69) is 51.4 Å². The number of carbonyl (C=O) groups is 1. The lowest BCUT2D eigenvalue weighted by molar-refractivity contribution is -0.139. The summed E-state index contributed by atoms with van der Waals surface area (Å²) in [6.07, 6.45) is 5.14. The van der Waals surface area contributed by atoms with Crippen LogP contribution in [0.4, 0.5) is 0 Å². The molecule has 4 nitrogen and oxygen atoms in total. The molecular formula is C22H29N3OS. The van der Waals surface area contributed by atoms with Crippen LogP contribution in [0, 0.1) is 12.3 Å². The van der Waals surface area contributed by atoms with Crippen molar-refractivity contribution in [3.8, 4) is 0 Å². The average Bonchev–Trinajstić information content (AvgIpc) is 3.10. The van der Waals surface area contributed by atoms with Crippen LogP contribution in [0.25, 0.3) is 0 Å². The van der Waals surface area contributed by atoms with Crippen LogP contribution >= 0.6 is 11.3 Å². The van der Waals surface area contributed by atoms with Gasteiger partial charge < -0.3 is 4.90 Å². The molecule has 2 aliphatic rings. The molecule has 0 radical (unpaired) electrons. The van der Waals surface area contributed by atoms with E-state index in [1.54, 1.807) is 11.3 Å². The normalized spacial score (nSPS) is 20.3. The summed E-state index contributed by atoms with van der Waals surface area (Å²) < 4.78 is 0. The highest BCUT2D eigenvalue weighted by Crippen LogP contribution is 2.40. The maximum absolute atomic E-state index is 12.5. The molecule has 2 aliphatic heterocycles. The van der Waals surface area contributed by atoms with Gasteiger partial charge in [-0.3, -0.25) is 9.69 Å². The highest BCUT2D eigenvalue weighted by Gasteiger charge is 2.40. The van der Waals surface area contributed by atoms with Gasteiger partial charge in [0.05, 0.1) is 10.7 Å². The summed E-state index contributed by atoms with van der Waals surface area (Å²) >= 11 is 1.74. The van der Waals surface area contributed by atoms with Crippen molar-refractivity contribution >= 4 is 17.2 Å². The number of aryl methyl sites for hydroxylation is 1. The quantitative estimate of drug-likeness (QED) is 0.786. The van der Waals surface area contributed by atoms with E-state index in [0.29, 0.717) is 11.3 Å². The predicted molar refractivity (Wildman–Crippen MR) is 110 cm³/mol. The van der Waals surface area contributed by atoms with Gasteiger partial charge in [0.25, 0.3) is 0 Å². The monoisotopic (exact) mass is 383 g/mol. The molecule has 5 heteroatoms. The van der Waals surface area contributed by atoms with Crippen LogP contribution < -0.4 is 0 Å². The number of benzene rings is 1. The Labute approximate surface area is 166 Å². The summed E-state index contributed by atoms with van der Waals surface area (Å²) in [6, 6.07) is 10.5. The number of thiazole rings is 1. The predicted octanol–water partition coefficient (Wildman–Crippen LogP) is 3.90. The summed E-state index contributed by atoms with van der Waals surface area (Å²) in [5.74, 6) is 0.344. The molecular weight excluding hydrogens is 354 g/mol. The molecule has 0 atom stereocenters. The lowest BCUT2D eigenvalue weighted by Crippen LogP contribution is -2.51. The minimum absolute atomic E-state index is 0.332. The summed E-state index contributed by atoms with van der Waals surface area (Å²) in [5.41, 5.74) is 2.86. The van der Waals surface area contributed by atoms with Gasteiger partial charge in [0.1, 0.15) is 0 Å². The maximum atomic E-state index is 12.5. The number of hydrogen-bond donors (Lipinski definition) is 0. The van der Waals surface area contributed by atoms with Gasteiger partial charge in [0, 0.05) is 31.4 Å². The Morgan fingerprint density at radius 3 is 2.63 bits per heavy atom. The van der Waals surface area contributed by atoms with E-state index >= 15 is 0 Å². The molecule has 1 aromatic carbocycles. The van der Waals surface area contributed by atoms with Crippen molar-refractivity contribution in [1.82, 2.24) is 14.8 Å². The summed E-state index contributed by atoms with van der Waals surface area (Å²) in [5, 5.41) is 3.34. The van der Waals surface area contributed by atoms with Crippen LogP contribution in [0.15, 0.2) is 35.7 Å². The van der Waals surface area contributed by atoms with Crippen LogP contribution in [0.1, 0.15) is 41.9 Å². The number of rotatable bonds is 5. The molecule has 27 heavy (non-hydrogen) atoms. The summed E-state index contributed by atoms with van der Waals surface area (Å²) in [6.45, 7) is 7.09. The van der Waals surface area contributed by atoms with Crippen LogP contribution in [-0.2, 0) is 17.8 Å². The topological polar surface area (TPSA) is 36.4 Å². The Morgan fingerprint density at radius 2 is 1.93 bits per heavy atom. The minimum atomic E-state index is 0.332. The van der Waals surface area contributed by atoms with Crippen molar-refractivity contribution < 1.29 is 4.79 Å². The second kappa shape index (κ2) is 8.11. The first-order valence-corrected chi connectivity index (χ1v) is 10.9. The molecule has 2 aromatic rings. The number of hydrogen-bond acceptors (Lipinski definition) is 4. The zero-order chi connectivity index (χ0) is 18.7. The third-order valence-electron chi connectivity index (χ3n) is 6.23. The van der Waals surface area contributed by atoms with Gasteiger partial charge in [-0.25, -0.2) is 4.98 Å². The lowest BCUT2D eigenvalue weighted by Gasteiger charge is -2.47. The van der Waals surface area contributed by atoms with Crippen LogP contribution in [0.3, 0.4) is 0 Å². The van der Waals surface area contributed by atoms with Crippen LogP contribution in [-0.4, -0.2) is 46.9 Å². The highest BCUT2D eigenvalue weighted by molar-refractivity contribution is 7.09. The van der Waals surface area contributed by atoms with E-state index in [4.69, 9.17) is 0 Å². The van der Waals surface area contributed by atoms with Gasteiger partial charge in [-0.2, -0.15) is 0 Å². The van der Waals surface area contributed by atoms with Crippen molar-refractivity contribution in [3.63, 3.8) is 0 Å². The van der Waals surface area contributed by atoms with Gasteiger partial charge in [-0.05, 0) is 56.7 Å². The number of nitrogens with zero attached hydrogens (tertiary/aromatic N) is 3. The standard InChI is InChI=1S/C22H29N3OS/c1-18-23-20(16-27-18)15-24-13-10-22(11-14-24)9-7-21(26)25(17-22)12-8-19-5-3-2-4-6-19/h2-6,16H,7-15,17H2,1H3. The maximum Gasteiger partial charge on any atom is 0.222 e. The van der Waals surface area contributed by atoms with E-state index in [0.717, 1.165) is 57.0 Å². The Hall–Kier alpha value is -1.72. The molecule has 1 spiro atoms. The summed E-state index contributed by atoms with van der Waals surface area (Å²) in [4.78, 5) is 21.7. The minimum Gasteiger partial charge on any atom is -0.342 e. The molecule has 1 amide bonds. The van der Waals surface area contributed by atoms with Crippen LogP contribution in [0.2, 0.25) is 0 Å². The first kappa shape index (κ1) is 18.6.